The smallest absolute Gasteiger partial charge is 0.135 e. The van der Waals surface area contributed by atoms with Gasteiger partial charge < -0.3 is 14.2 Å². The molecule has 0 saturated carbocycles. The number of hydrogen-bond donors (Lipinski definition) is 0. The van der Waals surface area contributed by atoms with E-state index in [1.165, 1.54) is 55.2 Å². The maximum atomic E-state index is 6.20. The van der Waals surface area contributed by atoms with Crippen molar-refractivity contribution in [1.29, 1.82) is 0 Å². The molecule has 9 aromatic carbocycles. The van der Waals surface area contributed by atoms with E-state index in [4.69, 9.17) is 4.42 Å². The minimum atomic E-state index is 0.884. The molecular weight excluding hydrogens is 657 g/mol. The Hall–Kier alpha value is -7.10. The average Bonchev–Trinajstić information content (AvgIpc) is 3.79. The Balaban J connectivity index is 1.05. The third-order valence-corrected chi connectivity index (χ3v) is 11.0. The standard InChI is InChI=1S/C51H34N2O/c1-2-16-38(17-3-1)52(40-27-29-51-47(33-40)45-20-8-9-23-50(45)54-51)39-26-28-42-37(31-39)30-36-24-25-41(32-46(36)42)53(48-21-10-14-34-12-4-6-18-43(34)48)49-22-11-15-35-13-5-7-19-44(35)49/h1-29,31-33H,30H2. The number of benzene rings is 9. The lowest BCUT2D eigenvalue weighted by atomic mass is 10.0. The van der Waals surface area contributed by atoms with E-state index in [9.17, 15) is 0 Å². The quantitative estimate of drug-likeness (QED) is 0.173. The van der Waals surface area contributed by atoms with Crippen molar-refractivity contribution in [3.8, 4) is 11.1 Å². The molecule has 1 aromatic heterocycles. The summed E-state index contributed by atoms with van der Waals surface area (Å²) in [5, 5.41) is 7.14. The predicted molar refractivity (Wildman–Crippen MR) is 226 cm³/mol. The van der Waals surface area contributed by atoms with Gasteiger partial charge in [-0.2, -0.15) is 0 Å². The van der Waals surface area contributed by atoms with Crippen molar-refractivity contribution >= 4 is 77.6 Å². The number of para-hydroxylation sites is 2. The van der Waals surface area contributed by atoms with Crippen molar-refractivity contribution in [3.05, 3.63) is 205 Å². The SMILES string of the molecule is c1ccc(N(c2ccc3c(c2)Cc2ccc(N(c4cccc5ccccc45)c4cccc5ccccc45)cc2-3)c2ccc3oc4ccccc4c3c2)cc1. The van der Waals surface area contributed by atoms with Gasteiger partial charge in [0.1, 0.15) is 11.2 Å². The minimum absolute atomic E-state index is 0.884. The molecule has 1 aliphatic rings. The first-order chi connectivity index (χ1) is 26.8. The molecule has 0 saturated heterocycles. The Labute approximate surface area is 313 Å². The van der Waals surface area contributed by atoms with Gasteiger partial charge in [0.2, 0.25) is 0 Å². The van der Waals surface area contributed by atoms with E-state index in [1.807, 2.05) is 12.1 Å². The molecule has 254 valence electrons. The fourth-order valence-corrected chi connectivity index (χ4v) is 8.53. The van der Waals surface area contributed by atoms with Crippen LogP contribution in [0.5, 0.6) is 0 Å². The molecule has 3 nitrogen and oxygen atoms in total. The Morgan fingerprint density at radius 3 is 1.67 bits per heavy atom. The van der Waals surface area contributed by atoms with Crippen molar-refractivity contribution in [2.24, 2.45) is 0 Å². The molecule has 0 N–H and O–H groups in total. The number of furan rings is 1. The van der Waals surface area contributed by atoms with Crippen molar-refractivity contribution in [2.75, 3.05) is 9.80 Å². The molecule has 0 amide bonds. The highest BCUT2D eigenvalue weighted by Gasteiger charge is 2.25. The van der Waals surface area contributed by atoms with Gasteiger partial charge in [0.15, 0.2) is 0 Å². The first kappa shape index (κ1) is 30.5. The summed E-state index contributed by atoms with van der Waals surface area (Å²) in [6.07, 6.45) is 0.884. The van der Waals surface area contributed by atoms with Crippen molar-refractivity contribution in [2.45, 2.75) is 6.42 Å². The van der Waals surface area contributed by atoms with Crippen molar-refractivity contribution < 1.29 is 4.42 Å². The van der Waals surface area contributed by atoms with Gasteiger partial charge in [-0.15, -0.1) is 0 Å². The summed E-state index contributed by atoms with van der Waals surface area (Å²) < 4.78 is 6.20. The number of hydrogen-bond acceptors (Lipinski definition) is 3. The molecule has 1 aliphatic carbocycles. The molecule has 0 radical (unpaired) electrons. The number of nitrogens with zero attached hydrogens (tertiary/aromatic N) is 2. The average molecular weight is 691 g/mol. The highest BCUT2D eigenvalue weighted by Crippen LogP contribution is 2.47. The van der Waals surface area contributed by atoms with Crippen LogP contribution in [0.2, 0.25) is 0 Å². The van der Waals surface area contributed by atoms with E-state index in [0.29, 0.717) is 0 Å². The minimum Gasteiger partial charge on any atom is -0.456 e. The monoisotopic (exact) mass is 690 g/mol. The van der Waals surface area contributed by atoms with Crippen LogP contribution in [0.15, 0.2) is 199 Å². The van der Waals surface area contributed by atoms with Crippen LogP contribution in [-0.4, -0.2) is 0 Å². The summed E-state index contributed by atoms with van der Waals surface area (Å²) in [7, 11) is 0. The summed E-state index contributed by atoms with van der Waals surface area (Å²) >= 11 is 0. The van der Waals surface area contributed by atoms with E-state index in [1.54, 1.807) is 0 Å². The van der Waals surface area contributed by atoms with Gasteiger partial charge in [-0.1, -0.05) is 121 Å². The second-order valence-corrected chi connectivity index (χ2v) is 14.1. The summed E-state index contributed by atoms with van der Waals surface area (Å²) in [6.45, 7) is 0. The van der Waals surface area contributed by atoms with Crippen LogP contribution in [0.3, 0.4) is 0 Å². The predicted octanol–water partition coefficient (Wildman–Crippen LogP) is 14.4. The van der Waals surface area contributed by atoms with Gasteiger partial charge in [-0.25, -0.2) is 0 Å². The van der Waals surface area contributed by atoms with Gasteiger partial charge in [0, 0.05) is 44.3 Å². The van der Waals surface area contributed by atoms with E-state index in [0.717, 1.165) is 51.1 Å². The third kappa shape index (κ3) is 4.90. The third-order valence-electron chi connectivity index (χ3n) is 11.0. The zero-order chi connectivity index (χ0) is 35.6. The van der Waals surface area contributed by atoms with Crippen LogP contribution in [0, 0.1) is 0 Å². The lowest BCUT2D eigenvalue weighted by Crippen LogP contribution is -2.11. The Morgan fingerprint density at radius 1 is 0.333 bits per heavy atom. The first-order valence-electron chi connectivity index (χ1n) is 18.6. The van der Waals surface area contributed by atoms with Crippen LogP contribution in [0.25, 0.3) is 54.6 Å². The molecule has 54 heavy (non-hydrogen) atoms. The maximum Gasteiger partial charge on any atom is 0.135 e. The van der Waals surface area contributed by atoms with E-state index >= 15 is 0 Å². The molecule has 11 rings (SSSR count). The molecule has 0 unspecified atom stereocenters. The van der Waals surface area contributed by atoms with Gasteiger partial charge in [-0.05, 0) is 112 Å². The van der Waals surface area contributed by atoms with E-state index in [2.05, 4.69) is 192 Å². The second kappa shape index (κ2) is 12.3. The van der Waals surface area contributed by atoms with Gasteiger partial charge in [0.05, 0.1) is 11.4 Å². The van der Waals surface area contributed by atoms with Gasteiger partial charge in [-0.3, -0.25) is 0 Å². The molecule has 0 bridgehead atoms. The molecule has 0 spiro atoms. The Bertz CT molecular complexity index is 2960. The molecule has 0 aliphatic heterocycles. The maximum absolute atomic E-state index is 6.20. The lowest BCUT2D eigenvalue weighted by Gasteiger charge is -2.28. The summed E-state index contributed by atoms with van der Waals surface area (Å²) in [6, 6.07) is 70.1. The largest absolute Gasteiger partial charge is 0.456 e. The highest BCUT2D eigenvalue weighted by atomic mass is 16.3. The van der Waals surface area contributed by atoms with Crippen LogP contribution < -0.4 is 9.80 Å². The molecule has 10 aromatic rings. The fraction of sp³-hybridized carbons (Fsp3) is 0.0196. The molecule has 3 heteroatoms. The number of rotatable bonds is 6. The topological polar surface area (TPSA) is 19.6 Å². The molecule has 0 atom stereocenters. The molecule has 1 heterocycles. The lowest BCUT2D eigenvalue weighted by molar-refractivity contribution is 0.669. The summed E-state index contributed by atoms with van der Waals surface area (Å²) in [5.41, 5.74) is 13.9. The zero-order valence-electron chi connectivity index (χ0n) is 29.5. The van der Waals surface area contributed by atoms with E-state index in [-0.39, 0.29) is 0 Å². The summed E-state index contributed by atoms with van der Waals surface area (Å²) in [5.74, 6) is 0. The van der Waals surface area contributed by atoms with Crippen LogP contribution >= 0.6 is 0 Å². The first-order valence-corrected chi connectivity index (χ1v) is 18.6. The normalized spacial score (nSPS) is 12.0. The van der Waals surface area contributed by atoms with Crippen LogP contribution in [-0.2, 0) is 6.42 Å². The molecular formula is C51H34N2O. The Morgan fingerprint density at radius 2 is 0.907 bits per heavy atom. The zero-order valence-corrected chi connectivity index (χ0v) is 29.5. The fourth-order valence-electron chi connectivity index (χ4n) is 8.53. The molecule has 0 fully saturated rings. The van der Waals surface area contributed by atoms with Crippen molar-refractivity contribution in [1.82, 2.24) is 0 Å². The van der Waals surface area contributed by atoms with Crippen molar-refractivity contribution in [3.63, 3.8) is 0 Å². The van der Waals surface area contributed by atoms with Gasteiger partial charge in [0.25, 0.3) is 0 Å². The number of anilines is 6. The second-order valence-electron chi connectivity index (χ2n) is 14.1. The Kier molecular flexibility index (Phi) is 6.93. The van der Waals surface area contributed by atoms with Crippen LogP contribution in [0.1, 0.15) is 11.1 Å². The van der Waals surface area contributed by atoms with Crippen LogP contribution in [0.4, 0.5) is 34.1 Å². The van der Waals surface area contributed by atoms with Gasteiger partial charge >= 0.3 is 0 Å². The summed E-state index contributed by atoms with van der Waals surface area (Å²) in [4.78, 5) is 4.81. The number of fused-ring (bicyclic) bond motifs is 8. The highest BCUT2D eigenvalue weighted by molar-refractivity contribution is 6.07. The van der Waals surface area contributed by atoms with E-state index < -0.39 is 0 Å².